The summed E-state index contributed by atoms with van der Waals surface area (Å²) in [6.07, 6.45) is 1.24. The summed E-state index contributed by atoms with van der Waals surface area (Å²) in [7, 11) is 0. The van der Waals surface area contributed by atoms with Gasteiger partial charge in [-0.2, -0.15) is 4.98 Å². The SMILES string of the molecule is O=C(Nc1ccc(Oc2ccccc2)cc1)c1coc(N2CCN(Cc3ccccc3Cl)C2=O)n1. The minimum Gasteiger partial charge on any atom is -0.457 e. The predicted molar refractivity (Wildman–Crippen MR) is 132 cm³/mol. The lowest BCUT2D eigenvalue weighted by Gasteiger charge is -2.17. The summed E-state index contributed by atoms with van der Waals surface area (Å²) in [5.74, 6) is 0.921. The van der Waals surface area contributed by atoms with Gasteiger partial charge in [-0.3, -0.25) is 4.79 Å². The maximum absolute atomic E-state index is 12.9. The van der Waals surface area contributed by atoms with Crippen molar-refractivity contribution in [2.45, 2.75) is 6.54 Å². The van der Waals surface area contributed by atoms with Crippen LogP contribution in [0.3, 0.4) is 0 Å². The van der Waals surface area contributed by atoms with Gasteiger partial charge in [-0.1, -0.05) is 48.0 Å². The fourth-order valence-electron chi connectivity index (χ4n) is 3.66. The number of halogens is 1. The van der Waals surface area contributed by atoms with E-state index in [2.05, 4.69) is 10.3 Å². The standard InChI is InChI=1S/C26H21ClN4O4/c27-22-9-5-4-6-18(22)16-30-14-15-31(26(30)33)25-29-23(17-34-25)24(32)28-19-10-12-21(13-11-19)35-20-7-2-1-3-8-20/h1-13,17H,14-16H2,(H,28,32). The third kappa shape index (κ3) is 5.12. The lowest BCUT2D eigenvalue weighted by Crippen LogP contribution is -2.31. The highest BCUT2D eigenvalue weighted by Gasteiger charge is 2.33. The Balaban J connectivity index is 1.20. The van der Waals surface area contributed by atoms with Crippen LogP contribution in [0, 0.1) is 0 Å². The molecule has 9 heteroatoms. The Labute approximate surface area is 206 Å². The number of nitrogens with zero attached hydrogens (tertiary/aromatic N) is 3. The van der Waals surface area contributed by atoms with Gasteiger partial charge in [-0.15, -0.1) is 0 Å². The second-order valence-electron chi connectivity index (χ2n) is 7.86. The maximum atomic E-state index is 12.9. The molecule has 0 radical (unpaired) electrons. The van der Waals surface area contributed by atoms with Gasteiger partial charge in [0.1, 0.15) is 17.8 Å². The molecular formula is C26H21ClN4O4. The Morgan fingerprint density at radius 2 is 1.69 bits per heavy atom. The summed E-state index contributed by atoms with van der Waals surface area (Å²) in [5.41, 5.74) is 1.50. The topological polar surface area (TPSA) is 87.9 Å². The molecule has 5 rings (SSSR count). The van der Waals surface area contributed by atoms with E-state index in [-0.39, 0.29) is 17.7 Å². The molecule has 8 nitrogen and oxygen atoms in total. The maximum Gasteiger partial charge on any atom is 0.328 e. The van der Waals surface area contributed by atoms with Gasteiger partial charge >= 0.3 is 12.0 Å². The molecule has 2 heterocycles. The first-order valence-corrected chi connectivity index (χ1v) is 11.3. The van der Waals surface area contributed by atoms with Crippen LogP contribution in [0.15, 0.2) is 89.5 Å². The van der Waals surface area contributed by atoms with Crippen LogP contribution in [0.2, 0.25) is 5.02 Å². The highest BCUT2D eigenvalue weighted by Crippen LogP contribution is 2.25. The molecule has 3 amide bonds. The second kappa shape index (κ2) is 9.90. The number of carbonyl (C=O) groups excluding carboxylic acids is 2. The van der Waals surface area contributed by atoms with Gasteiger partial charge in [0.05, 0.1) is 0 Å². The number of carbonyl (C=O) groups is 2. The molecular weight excluding hydrogens is 468 g/mol. The van der Waals surface area contributed by atoms with Gasteiger partial charge in [-0.25, -0.2) is 9.69 Å². The number of hydrogen-bond donors (Lipinski definition) is 1. The molecule has 1 saturated heterocycles. The average Bonchev–Trinajstić information content (AvgIpc) is 3.50. The Bertz CT molecular complexity index is 1340. The summed E-state index contributed by atoms with van der Waals surface area (Å²) < 4.78 is 11.2. The number of aromatic nitrogens is 1. The van der Waals surface area contributed by atoms with E-state index in [4.69, 9.17) is 20.8 Å². The summed E-state index contributed by atoms with van der Waals surface area (Å²) in [5, 5.41) is 3.37. The van der Waals surface area contributed by atoms with Crippen molar-refractivity contribution in [2.24, 2.45) is 0 Å². The number of oxazole rings is 1. The minimum atomic E-state index is -0.448. The number of rotatable bonds is 7. The molecule has 1 N–H and O–H groups in total. The first kappa shape index (κ1) is 22.5. The van der Waals surface area contributed by atoms with Gasteiger partial charge in [0.2, 0.25) is 0 Å². The van der Waals surface area contributed by atoms with Crippen LogP contribution in [-0.2, 0) is 6.54 Å². The first-order valence-electron chi connectivity index (χ1n) is 11.0. The zero-order chi connectivity index (χ0) is 24.2. The molecule has 3 aromatic carbocycles. The van der Waals surface area contributed by atoms with Crippen molar-refractivity contribution in [3.8, 4) is 11.5 Å². The van der Waals surface area contributed by atoms with Crippen molar-refractivity contribution in [2.75, 3.05) is 23.3 Å². The molecule has 0 atom stereocenters. The quantitative estimate of drug-likeness (QED) is 0.354. The van der Waals surface area contributed by atoms with E-state index < -0.39 is 5.91 Å². The van der Waals surface area contributed by atoms with Crippen LogP contribution in [0.4, 0.5) is 16.5 Å². The molecule has 35 heavy (non-hydrogen) atoms. The molecule has 0 bridgehead atoms. The van der Waals surface area contributed by atoms with E-state index in [1.54, 1.807) is 35.2 Å². The third-order valence-electron chi connectivity index (χ3n) is 5.46. The lowest BCUT2D eigenvalue weighted by molar-refractivity contribution is 0.102. The number of benzene rings is 3. The normalized spacial score (nSPS) is 13.2. The van der Waals surface area contributed by atoms with Gasteiger partial charge in [-0.05, 0) is 48.0 Å². The summed E-state index contributed by atoms with van der Waals surface area (Å²) >= 11 is 6.22. The van der Waals surface area contributed by atoms with Crippen molar-refractivity contribution in [1.82, 2.24) is 9.88 Å². The van der Waals surface area contributed by atoms with Crippen molar-refractivity contribution < 1.29 is 18.7 Å². The van der Waals surface area contributed by atoms with Crippen molar-refractivity contribution >= 4 is 35.2 Å². The first-order chi connectivity index (χ1) is 17.1. The highest BCUT2D eigenvalue weighted by atomic mass is 35.5. The molecule has 0 unspecified atom stereocenters. The minimum absolute atomic E-state index is 0.0713. The number of hydrogen-bond acceptors (Lipinski definition) is 5. The molecule has 1 aliphatic heterocycles. The molecule has 0 saturated carbocycles. The molecule has 4 aromatic rings. The van der Waals surface area contributed by atoms with Crippen molar-refractivity contribution in [1.29, 1.82) is 0 Å². The van der Waals surface area contributed by atoms with Gasteiger partial charge in [0.25, 0.3) is 5.91 Å². The molecule has 176 valence electrons. The van der Waals surface area contributed by atoms with Crippen LogP contribution in [0.5, 0.6) is 11.5 Å². The Morgan fingerprint density at radius 1 is 0.971 bits per heavy atom. The third-order valence-corrected chi connectivity index (χ3v) is 5.83. The van der Waals surface area contributed by atoms with E-state index in [0.29, 0.717) is 36.1 Å². The van der Waals surface area contributed by atoms with Gasteiger partial charge in [0.15, 0.2) is 5.69 Å². The van der Waals surface area contributed by atoms with Crippen LogP contribution in [0.1, 0.15) is 16.1 Å². The van der Waals surface area contributed by atoms with Gasteiger partial charge < -0.3 is 19.4 Å². The van der Waals surface area contributed by atoms with Crippen molar-refractivity contribution in [3.05, 3.63) is 101 Å². The Hall–Kier alpha value is -4.30. The predicted octanol–water partition coefficient (Wildman–Crippen LogP) is 5.81. The van der Waals surface area contributed by atoms with Crippen LogP contribution < -0.4 is 15.0 Å². The lowest BCUT2D eigenvalue weighted by atomic mass is 10.2. The second-order valence-corrected chi connectivity index (χ2v) is 8.26. The van der Waals surface area contributed by atoms with E-state index >= 15 is 0 Å². The fourth-order valence-corrected chi connectivity index (χ4v) is 3.85. The summed E-state index contributed by atoms with van der Waals surface area (Å²) in [6.45, 7) is 1.27. The van der Waals surface area contributed by atoms with E-state index in [1.807, 2.05) is 48.5 Å². The number of ether oxygens (including phenoxy) is 1. The van der Waals surface area contributed by atoms with E-state index in [9.17, 15) is 9.59 Å². The van der Waals surface area contributed by atoms with Crippen molar-refractivity contribution in [3.63, 3.8) is 0 Å². The number of urea groups is 1. The molecule has 1 aliphatic rings. The average molecular weight is 489 g/mol. The highest BCUT2D eigenvalue weighted by molar-refractivity contribution is 6.31. The molecule has 1 fully saturated rings. The van der Waals surface area contributed by atoms with E-state index in [0.717, 1.165) is 11.3 Å². The number of para-hydroxylation sites is 1. The number of amides is 3. The summed E-state index contributed by atoms with van der Waals surface area (Å²) in [6, 6.07) is 23.6. The zero-order valence-electron chi connectivity index (χ0n) is 18.6. The summed E-state index contributed by atoms with van der Waals surface area (Å²) in [4.78, 5) is 32.8. The van der Waals surface area contributed by atoms with Crippen LogP contribution in [-0.4, -0.2) is 34.9 Å². The Kier molecular flexibility index (Phi) is 6.36. The largest absolute Gasteiger partial charge is 0.457 e. The van der Waals surface area contributed by atoms with E-state index in [1.165, 1.54) is 11.2 Å². The molecule has 1 aromatic heterocycles. The Morgan fingerprint density at radius 3 is 2.46 bits per heavy atom. The number of nitrogens with one attached hydrogen (secondary N) is 1. The number of anilines is 2. The molecule has 0 spiro atoms. The molecule has 0 aliphatic carbocycles. The van der Waals surface area contributed by atoms with Crippen LogP contribution in [0.25, 0.3) is 0 Å². The monoisotopic (exact) mass is 488 g/mol. The fraction of sp³-hybridized carbons (Fsp3) is 0.115. The van der Waals surface area contributed by atoms with Crippen LogP contribution >= 0.6 is 11.6 Å². The zero-order valence-corrected chi connectivity index (χ0v) is 19.3. The van der Waals surface area contributed by atoms with Gasteiger partial charge in [0, 0.05) is 30.3 Å². The smallest absolute Gasteiger partial charge is 0.328 e.